The van der Waals surface area contributed by atoms with E-state index in [1.807, 2.05) is 53.2 Å². The van der Waals surface area contributed by atoms with Crippen molar-refractivity contribution >= 4 is 10.9 Å². The fourth-order valence-electron chi connectivity index (χ4n) is 2.27. The summed E-state index contributed by atoms with van der Waals surface area (Å²) >= 11 is 0. The first-order valence-electron chi connectivity index (χ1n) is 6.31. The number of nitriles is 1. The molecule has 98 valence electrons. The van der Waals surface area contributed by atoms with E-state index < -0.39 is 0 Å². The lowest BCUT2D eigenvalue weighted by molar-refractivity contribution is 0.414. The Kier molecular flexibility index (Phi) is 3.10. The second-order valence-electron chi connectivity index (χ2n) is 4.41. The molecule has 0 aliphatic carbocycles. The van der Waals surface area contributed by atoms with Gasteiger partial charge < -0.3 is 4.74 Å². The molecule has 3 aromatic rings. The molecule has 0 atom stereocenters. The molecular formula is C16H13N3O. The first-order valence-corrected chi connectivity index (χ1v) is 6.31. The molecule has 0 saturated heterocycles. The highest BCUT2D eigenvalue weighted by Crippen LogP contribution is 2.23. The van der Waals surface area contributed by atoms with E-state index in [4.69, 9.17) is 10.00 Å². The Balaban J connectivity index is 2.18. The van der Waals surface area contributed by atoms with Crippen LogP contribution in [0.1, 0.15) is 5.69 Å². The van der Waals surface area contributed by atoms with Crippen LogP contribution in [0.15, 0.2) is 48.5 Å². The van der Waals surface area contributed by atoms with Crippen molar-refractivity contribution in [2.45, 2.75) is 6.42 Å². The smallest absolute Gasteiger partial charge is 0.119 e. The fourth-order valence-corrected chi connectivity index (χ4v) is 2.27. The number of methoxy groups -OCH3 is 1. The highest BCUT2D eigenvalue weighted by Gasteiger charge is 2.11. The minimum absolute atomic E-state index is 0.326. The van der Waals surface area contributed by atoms with Gasteiger partial charge in [0.05, 0.1) is 36.5 Å². The van der Waals surface area contributed by atoms with Gasteiger partial charge in [0.1, 0.15) is 5.75 Å². The summed E-state index contributed by atoms with van der Waals surface area (Å²) in [4.78, 5) is 0. The zero-order chi connectivity index (χ0) is 13.9. The molecule has 0 aliphatic rings. The quantitative estimate of drug-likeness (QED) is 0.729. The molecule has 0 aliphatic heterocycles. The lowest BCUT2D eigenvalue weighted by atomic mass is 10.1. The van der Waals surface area contributed by atoms with Crippen molar-refractivity contribution in [2.24, 2.45) is 0 Å². The summed E-state index contributed by atoms with van der Waals surface area (Å²) in [7, 11) is 1.64. The maximum absolute atomic E-state index is 9.04. The van der Waals surface area contributed by atoms with Crippen molar-refractivity contribution < 1.29 is 4.74 Å². The Hall–Kier alpha value is -2.80. The van der Waals surface area contributed by atoms with Gasteiger partial charge in [0, 0.05) is 5.39 Å². The van der Waals surface area contributed by atoms with E-state index in [1.54, 1.807) is 7.11 Å². The van der Waals surface area contributed by atoms with Crippen LogP contribution in [-0.2, 0) is 6.42 Å². The molecule has 1 heterocycles. The molecular weight excluding hydrogens is 250 g/mol. The van der Waals surface area contributed by atoms with Gasteiger partial charge >= 0.3 is 0 Å². The van der Waals surface area contributed by atoms with E-state index in [0.717, 1.165) is 28.0 Å². The molecule has 0 radical (unpaired) electrons. The van der Waals surface area contributed by atoms with Crippen LogP contribution < -0.4 is 4.74 Å². The van der Waals surface area contributed by atoms with Crippen LogP contribution in [0, 0.1) is 11.3 Å². The summed E-state index contributed by atoms with van der Waals surface area (Å²) in [6.45, 7) is 0. The van der Waals surface area contributed by atoms with Crippen LogP contribution >= 0.6 is 0 Å². The van der Waals surface area contributed by atoms with E-state index >= 15 is 0 Å². The number of benzene rings is 2. The molecule has 0 unspecified atom stereocenters. The zero-order valence-corrected chi connectivity index (χ0v) is 11.1. The molecule has 2 aromatic carbocycles. The number of fused-ring (bicyclic) bond motifs is 1. The topological polar surface area (TPSA) is 50.8 Å². The molecule has 0 amide bonds. The zero-order valence-electron chi connectivity index (χ0n) is 11.1. The summed E-state index contributed by atoms with van der Waals surface area (Å²) in [6.07, 6.45) is 0.326. The summed E-state index contributed by atoms with van der Waals surface area (Å²) in [5, 5.41) is 14.6. The van der Waals surface area contributed by atoms with E-state index in [1.165, 1.54) is 0 Å². The van der Waals surface area contributed by atoms with E-state index in [2.05, 4.69) is 11.2 Å². The van der Waals surface area contributed by atoms with Crippen molar-refractivity contribution in [1.29, 1.82) is 5.26 Å². The van der Waals surface area contributed by atoms with Gasteiger partial charge in [0.2, 0.25) is 0 Å². The van der Waals surface area contributed by atoms with Gasteiger partial charge in [-0.1, -0.05) is 18.2 Å². The van der Waals surface area contributed by atoms with Crippen molar-refractivity contribution in [1.82, 2.24) is 9.78 Å². The van der Waals surface area contributed by atoms with Crippen LogP contribution in [0.2, 0.25) is 0 Å². The van der Waals surface area contributed by atoms with Crippen molar-refractivity contribution in [2.75, 3.05) is 7.11 Å². The predicted molar refractivity (Wildman–Crippen MR) is 76.9 cm³/mol. The van der Waals surface area contributed by atoms with Gasteiger partial charge in [-0.25, -0.2) is 4.68 Å². The predicted octanol–water partition coefficient (Wildman–Crippen LogP) is 3.10. The highest BCUT2D eigenvalue weighted by molar-refractivity contribution is 5.82. The summed E-state index contributed by atoms with van der Waals surface area (Å²) in [6, 6.07) is 17.7. The second-order valence-corrected chi connectivity index (χ2v) is 4.41. The average Bonchev–Trinajstić information content (AvgIpc) is 2.87. The highest BCUT2D eigenvalue weighted by atomic mass is 16.5. The van der Waals surface area contributed by atoms with Crippen LogP contribution in [0.25, 0.3) is 16.6 Å². The largest absolute Gasteiger partial charge is 0.497 e. The van der Waals surface area contributed by atoms with Gasteiger partial charge in [0.25, 0.3) is 0 Å². The SMILES string of the molecule is COc1ccc(-n2nc3ccccc3c2CC#N)cc1. The molecule has 0 spiro atoms. The molecule has 20 heavy (non-hydrogen) atoms. The molecule has 0 bridgehead atoms. The van der Waals surface area contributed by atoms with Gasteiger partial charge in [-0.2, -0.15) is 10.4 Å². The Morgan fingerprint density at radius 2 is 1.90 bits per heavy atom. The minimum atomic E-state index is 0.326. The molecule has 3 rings (SSSR count). The normalized spacial score (nSPS) is 10.4. The van der Waals surface area contributed by atoms with Crippen LogP contribution in [0.5, 0.6) is 5.75 Å². The van der Waals surface area contributed by atoms with Gasteiger partial charge in [-0.05, 0) is 30.3 Å². The lowest BCUT2D eigenvalue weighted by Crippen LogP contribution is -2.01. The van der Waals surface area contributed by atoms with Crippen LogP contribution in [-0.4, -0.2) is 16.9 Å². The first-order chi connectivity index (χ1) is 9.83. The number of ether oxygens (including phenoxy) is 1. The maximum atomic E-state index is 9.04. The Morgan fingerprint density at radius 1 is 1.15 bits per heavy atom. The lowest BCUT2D eigenvalue weighted by Gasteiger charge is -2.06. The molecule has 0 fully saturated rings. The third kappa shape index (κ3) is 1.99. The Bertz CT molecular complexity index is 782. The third-order valence-electron chi connectivity index (χ3n) is 3.24. The molecule has 0 N–H and O–H groups in total. The first kappa shape index (κ1) is 12.2. The van der Waals surface area contributed by atoms with Crippen LogP contribution in [0.3, 0.4) is 0 Å². The van der Waals surface area contributed by atoms with E-state index in [0.29, 0.717) is 6.42 Å². The van der Waals surface area contributed by atoms with E-state index in [9.17, 15) is 0 Å². The molecule has 4 heteroatoms. The molecule has 0 saturated carbocycles. The monoisotopic (exact) mass is 263 g/mol. The number of nitrogens with zero attached hydrogens (tertiary/aromatic N) is 3. The fraction of sp³-hybridized carbons (Fsp3) is 0.125. The number of rotatable bonds is 3. The molecule has 4 nitrogen and oxygen atoms in total. The van der Waals surface area contributed by atoms with Crippen molar-refractivity contribution in [3.05, 3.63) is 54.2 Å². The maximum Gasteiger partial charge on any atom is 0.119 e. The Labute approximate surface area is 116 Å². The van der Waals surface area contributed by atoms with Crippen molar-refractivity contribution in [3.8, 4) is 17.5 Å². The number of hydrogen-bond acceptors (Lipinski definition) is 3. The van der Waals surface area contributed by atoms with Gasteiger partial charge in [-0.3, -0.25) is 0 Å². The summed E-state index contributed by atoms with van der Waals surface area (Å²) < 4.78 is 6.99. The second kappa shape index (κ2) is 5.06. The molecule has 1 aromatic heterocycles. The standard InChI is InChI=1S/C16H13N3O/c1-20-13-8-6-12(7-9-13)19-16(10-11-17)14-4-2-3-5-15(14)18-19/h2-9H,10H2,1H3. The van der Waals surface area contributed by atoms with E-state index in [-0.39, 0.29) is 0 Å². The Morgan fingerprint density at radius 3 is 2.60 bits per heavy atom. The summed E-state index contributed by atoms with van der Waals surface area (Å²) in [5.41, 5.74) is 2.73. The van der Waals surface area contributed by atoms with Crippen molar-refractivity contribution in [3.63, 3.8) is 0 Å². The number of aromatic nitrogens is 2. The summed E-state index contributed by atoms with van der Waals surface area (Å²) in [5.74, 6) is 0.798. The minimum Gasteiger partial charge on any atom is -0.497 e. The van der Waals surface area contributed by atoms with Crippen LogP contribution in [0.4, 0.5) is 0 Å². The average molecular weight is 263 g/mol. The van der Waals surface area contributed by atoms with Gasteiger partial charge in [-0.15, -0.1) is 0 Å². The van der Waals surface area contributed by atoms with Gasteiger partial charge in [0.15, 0.2) is 0 Å². The third-order valence-corrected chi connectivity index (χ3v) is 3.24. The number of hydrogen-bond donors (Lipinski definition) is 0.